The number of aromatic nitrogens is 1. The minimum absolute atomic E-state index is 0.198. The Kier molecular flexibility index (Phi) is 5.34. The molecule has 1 aromatic heterocycles. The van der Waals surface area contributed by atoms with E-state index in [2.05, 4.69) is 9.47 Å². The molecule has 112 valence electrons. The van der Waals surface area contributed by atoms with E-state index in [4.69, 9.17) is 9.47 Å². The molecule has 0 saturated carbocycles. The molecule has 0 aliphatic carbocycles. The van der Waals surface area contributed by atoms with Gasteiger partial charge in [-0.1, -0.05) is 0 Å². The van der Waals surface area contributed by atoms with Gasteiger partial charge in [0.2, 0.25) is 0 Å². The van der Waals surface area contributed by atoms with Crippen molar-refractivity contribution in [2.45, 2.75) is 20.4 Å². The predicted molar refractivity (Wildman–Crippen MR) is 77.4 cm³/mol. The lowest BCUT2D eigenvalue weighted by Gasteiger charge is -2.25. The van der Waals surface area contributed by atoms with E-state index in [-0.39, 0.29) is 5.78 Å². The van der Waals surface area contributed by atoms with Crippen molar-refractivity contribution < 1.29 is 14.3 Å². The molecule has 20 heavy (non-hydrogen) atoms. The lowest BCUT2D eigenvalue weighted by Crippen LogP contribution is -2.39. The highest BCUT2D eigenvalue weighted by molar-refractivity contribution is 5.99. The second-order valence-corrected chi connectivity index (χ2v) is 5.24. The summed E-state index contributed by atoms with van der Waals surface area (Å²) in [4.78, 5) is 14.6. The molecule has 5 heteroatoms. The first-order valence-electron chi connectivity index (χ1n) is 7.12. The summed E-state index contributed by atoms with van der Waals surface area (Å²) >= 11 is 0. The first-order valence-corrected chi connectivity index (χ1v) is 7.12. The van der Waals surface area contributed by atoms with Crippen molar-refractivity contribution in [2.24, 2.45) is 0 Å². The zero-order valence-corrected chi connectivity index (χ0v) is 12.6. The molecular formula is C15H24N2O3. The third-order valence-corrected chi connectivity index (χ3v) is 3.86. The van der Waals surface area contributed by atoms with E-state index in [1.54, 1.807) is 7.11 Å². The summed E-state index contributed by atoms with van der Waals surface area (Å²) in [5.41, 5.74) is 2.99. The molecule has 0 atom stereocenters. The van der Waals surface area contributed by atoms with E-state index >= 15 is 0 Å². The number of methoxy groups -OCH3 is 1. The van der Waals surface area contributed by atoms with Crippen LogP contribution in [0.5, 0.6) is 0 Å². The summed E-state index contributed by atoms with van der Waals surface area (Å²) in [6.45, 7) is 9.11. The van der Waals surface area contributed by atoms with Crippen molar-refractivity contribution in [3.63, 3.8) is 0 Å². The maximum atomic E-state index is 12.4. The van der Waals surface area contributed by atoms with E-state index in [0.29, 0.717) is 13.2 Å². The standard InChI is InChI=1S/C15H24N2O3/c1-12-10-14(13(2)17(12)6-7-19-3)15(18)11-16-4-8-20-9-5-16/h10H,4-9,11H2,1-3H3. The molecular weight excluding hydrogens is 256 g/mol. The van der Waals surface area contributed by atoms with Gasteiger partial charge in [-0.3, -0.25) is 9.69 Å². The second-order valence-electron chi connectivity index (χ2n) is 5.24. The van der Waals surface area contributed by atoms with Crippen LogP contribution in [0.3, 0.4) is 0 Å². The Balaban J connectivity index is 2.05. The molecule has 1 aliphatic heterocycles. The molecule has 1 fully saturated rings. The molecule has 0 amide bonds. The number of ether oxygens (including phenoxy) is 2. The van der Waals surface area contributed by atoms with E-state index in [0.717, 1.165) is 49.8 Å². The third kappa shape index (κ3) is 3.48. The van der Waals surface area contributed by atoms with Gasteiger partial charge >= 0.3 is 0 Å². The van der Waals surface area contributed by atoms with Gasteiger partial charge in [-0.05, 0) is 19.9 Å². The van der Waals surface area contributed by atoms with Crippen LogP contribution in [0.15, 0.2) is 6.07 Å². The number of morpholine rings is 1. The number of nitrogens with zero attached hydrogens (tertiary/aromatic N) is 2. The van der Waals surface area contributed by atoms with Crippen LogP contribution in [-0.4, -0.2) is 61.8 Å². The SMILES string of the molecule is COCCn1c(C)cc(C(=O)CN2CCOCC2)c1C. The Morgan fingerprint density at radius 3 is 2.70 bits per heavy atom. The molecule has 1 aliphatic rings. The predicted octanol–water partition coefficient (Wildman–Crippen LogP) is 1.27. The average Bonchev–Trinajstić information content (AvgIpc) is 2.73. The van der Waals surface area contributed by atoms with Gasteiger partial charge in [0.25, 0.3) is 0 Å². The second kappa shape index (κ2) is 7.02. The maximum absolute atomic E-state index is 12.4. The molecule has 0 unspecified atom stereocenters. The Labute approximate surface area is 120 Å². The number of carbonyl (C=O) groups excluding carboxylic acids is 1. The highest BCUT2D eigenvalue weighted by atomic mass is 16.5. The number of hydrogen-bond acceptors (Lipinski definition) is 4. The van der Waals surface area contributed by atoms with Crippen molar-refractivity contribution >= 4 is 5.78 Å². The van der Waals surface area contributed by atoms with Crippen LogP contribution < -0.4 is 0 Å². The summed E-state index contributed by atoms with van der Waals surface area (Å²) in [5, 5.41) is 0. The van der Waals surface area contributed by atoms with E-state index < -0.39 is 0 Å². The van der Waals surface area contributed by atoms with Gasteiger partial charge < -0.3 is 14.0 Å². The normalized spacial score (nSPS) is 16.6. The highest BCUT2D eigenvalue weighted by Crippen LogP contribution is 2.16. The molecule has 0 radical (unpaired) electrons. The van der Waals surface area contributed by atoms with Crippen molar-refractivity contribution in [1.29, 1.82) is 0 Å². The lowest BCUT2D eigenvalue weighted by atomic mass is 10.1. The molecule has 0 aromatic carbocycles. The van der Waals surface area contributed by atoms with E-state index in [1.807, 2.05) is 19.9 Å². The first-order chi connectivity index (χ1) is 9.63. The Morgan fingerprint density at radius 2 is 2.05 bits per heavy atom. The van der Waals surface area contributed by atoms with Crippen LogP contribution >= 0.6 is 0 Å². The van der Waals surface area contributed by atoms with Gasteiger partial charge in [-0.15, -0.1) is 0 Å². The fourth-order valence-corrected chi connectivity index (χ4v) is 2.66. The quantitative estimate of drug-likeness (QED) is 0.736. The van der Waals surface area contributed by atoms with Gasteiger partial charge in [0.1, 0.15) is 0 Å². The average molecular weight is 280 g/mol. The molecule has 1 saturated heterocycles. The first kappa shape index (κ1) is 15.2. The largest absolute Gasteiger partial charge is 0.383 e. The zero-order chi connectivity index (χ0) is 14.5. The highest BCUT2D eigenvalue weighted by Gasteiger charge is 2.19. The number of ketones is 1. The van der Waals surface area contributed by atoms with Gasteiger partial charge in [-0.2, -0.15) is 0 Å². The van der Waals surface area contributed by atoms with Gasteiger partial charge in [0.15, 0.2) is 5.78 Å². The van der Waals surface area contributed by atoms with Crippen molar-refractivity contribution in [3.05, 3.63) is 23.0 Å². The summed E-state index contributed by atoms with van der Waals surface area (Å²) in [6.07, 6.45) is 0. The summed E-state index contributed by atoms with van der Waals surface area (Å²) in [7, 11) is 1.69. The topological polar surface area (TPSA) is 43.7 Å². The van der Waals surface area contributed by atoms with Gasteiger partial charge in [-0.25, -0.2) is 0 Å². The van der Waals surface area contributed by atoms with Crippen LogP contribution in [0, 0.1) is 13.8 Å². The fourth-order valence-electron chi connectivity index (χ4n) is 2.66. The monoisotopic (exact) mass is 280 g/mol. The molecule has 2 rings (SSSR count). The van der Waals surface area contributed by atoms with Crippen LogP contribution in [0.4, 0.5) is 0 Å². The van der Waals surface area contributed by atoms with Gasteiger partial charge in [0, 0.05) is 43.7 Å². The Morgan fingerprint density at radius 1 is 1.35 bits per heavy atom. The van der Waals surface area contributed by atoms with E-state index in [1.165, 1.54) is 0 Å². The minimum atomic E-state index is 0.198. The summed E-state index contributed by atoms with van der Waals surface area (Å²) in [6, 6.07) is 1.99. The smallest absolute Gasteiger partial charge is 0.178 e. The van der Waals surface area contributed by atoms with Crippen molar-refractivity contribution in [2.75, 3.05) is 46.6 Å². The van der Waals surface area contributed by atoms with Crippen LogP contribution in [-0.2, 0) is 16.0 Å². The lowest BCUT2D eigenvalue weighted by molar-refractivity contribution is 0.0371. The van der Waals surface area contributed by atoms with E-state index in [9.17, 15) is 4.79 Å². The number of aryl methyl sites for hydroxylation is 1. The number of hydrogen-bond donors (Lipinski definition) is 0. The molecule has 5 nitrogen and oxygen atoms in total. The van der Waals surface area contributed by atoms with Crippen molar-refractivity contribution in [3.8, 4) is 0 Å². The van der Waals surface area contributed by atoms with Crippen LogP contribution in [0.25, 0.3) is 0 Å². The van der Waals surface area contributed by atoms with Crippen LogP contribution in [0.1, 0.15) is 21.7 Å². The summed E-state index contributed by atoms with van der Waals surface area (Å²) < 4.78 is 12.6. The molecule has 2 heterocycles. The van der Waals surface area contributed by atoms with Crippen molar-refractivity contribution in [1.82, 2.24) is 9.47 Å². The van der Waals surface area contributed by atoms with Crippen LogP contribution in [0.2, 0.25) is 0 Å². The summed E-state index contributed by atoms with van der Waals surface area (Å²) in [5.74, 6) is 0.198. The number of carbonyl (C=O) groups is 1. The third-order valence-electron chi connectivity index (χ3n) is 3.86. The number of Topliss-reactive ketones (excluding diaryl/α,β-unsaturated/α-hetero) is 1. The zero-order valence-electron chi connectivity index (χ0n) is 12.6. The Hall–Kier alpha value is -1.17. The number of rotatable bonds is 6. The minimum Gasteiger partial charge on any atom is -0.383 e. The molecule has 0 bridgehead atoms. The Bertz CT molecular complexity index is 462. The van der Waals surface area contributed by atoms with Gasteiger partial charge in [0.05, 0.1) is 26.4 Å². The molecule has 0 N–H and O–H groups in total. The molecule has 1 aromatic rings. The molecule has 0 spiro atoms. The fraction of sp³-hybridized carbons (Fsp3) is 0.667. The maximum Gasteiger partial charge on any atom is 0.178 e.